The zero-order chi connectivity index (χ0) is 13.1. The Balaban J connectivity index is 2.08. The van der Waals surface area contributed by atoms with Gasteiger partial charge in [0.15, 0.2) is 0 Å². The molecule has 2 nitrogen and oxygen atoms in total. The maximum atomic E-state index is 5.59. The Kier molecular flexibility index (Phi) is 4.37. The van der Waals surface area contributed by atoms with Crippen LogP contribution in [0.3, 0.4) is 0 Å². The number of aryl methyl sites for hydroxylation is 1. The molecule has 0 spiro atoms. The summed E-state index contributed by atoms with van der Waals surface area (Å²) in [6.07, 6.45) is 0. The maximum absolute atomic E-state index is 5.59. The van der Waals surface area contributed by atoms with Gasteiger partial charge in [0.25, 0.3) is 0 Å². The van der Waals surface area contributed by atoms with E-state index >= 15 is 0 Å². The van der Waals surface area contributed by atoms with E-state index in [4.69, 9.17) is 18.0 Å². The zero-order valence-corrected chi connectivity index (χ0v) is 13.1. The number of anilines is 1. The van der Waals surface area contributed by atoms with Gasteiger partial charge >= 0.3 is 0 Å². The van der Waals surface area contributed by atoms with Crippen LogP contribution in [0.15, 0.2) is 34.8 Å². The van der Waals surface area contributed by atoms with Gasteiger partial charge in [0.2, 0.25) is 0 Å². The van der Waals surface area contributed by atoms with Crippen molar-refractivity contribution in [1.29, 1.82) is 0 Å². The second-order valence-corrected chi connectivity index (χ2v) is 6.59. The van der Waals surface area contributed by atoms with Crippen LogP contribution in [-0.2, 0) is 6.54 Å². The summed E-state index contributed by atoms with van der Waals surface area (Å²) in [5.41, 5.74) is 7.50. The van der Waals surface area contributed by atoms with Crippen molar-refractivity contribution >= 4 is 50.2 Å². The van der Waals surface area contributed by atoms with Crippen LogP contribution >= 0.6 is 39.5 Å². The Hall–Kier alpha value is -0.910. The van der Waals surface area contributed by atoms with Crippen molar-refractivity contribution in [2.45, 2.75) is 13.5 Å². The van der Waals surface area contributed by atoms with E-state index in [9.17, 15) is 0 Å². The van der Waals surface area contributed by atoms with E-state index in [0.717, 1.165) is 22.3 Å². The highest BCUT2D eigenvalue weighted by atomic mass is 79.9. The van der Waals surface area contributed by atoms with Crippen LogP contribution in [0.4, 0.5) is 5.69 Å². The van der Waals surface area contributed by atoms with Crippen molar-refractivity contribution in [3.8, 4) is 0 Å². The van der Waals surface area contributed by atoms with Gasteiger partial charge < -0.3 is 11.1 Å². The minimum absolute atomic E-state index is 0.413. The molecule has 0 atom stereocenters. The van der Waals surface area contributed by atoms with Crippen LogP contribution in [0.1, 0.15) is 15.3 Å². The van der Waals surface area contributed by atoms with Crippen molar-refractivity contribution < 1.29 is 0 Å². The highest BCUT2D eigenvalue weighted by Crippen LogP contribution is 2.25. The first kappa shape index (κ1) is 13.5. The molecule has 0 amide bonds. The highest BCUT2D eigenvalue weighted by molar-refractivity contribution is 9.10. The number of nitrogens with one attached hydrogen (secondary N) is 1. The summed E-state index contributed by atoms with van der Waals surface area (Å²) in [4.78, 5) is 3.06. The van der Waals surface area contributed by atoms with Gasteiger partial charge in [0.1, 0.15) is 4.99 Å². The molecule has 18 heavy (non-hydrogen) atoms. The molecule has 3 N–H and O–H groups in total. The number of thiophene rings is 1. The lowest BCUT2D eigenvalue weighted by atomic mass is 10.2. The van der Waals surface area contributed by atoms with Gasteiger partial charge in [-0.2, -0.15) is 0 Å². The summed E-state index contributed by atoms with van der Waals surface area (Å²) in [7, 11) is 0. The number of thiocarbonyl (C=S) groups is 1. The molecule has 2 rings (SSSR count). The summed E-state index contributed by atoms with van der Waals surface area (Å²) in [5.74, 6) is 0. The first-order valence-corrected chi connectivity index (χ1v) is 7.46. The second-order valence-electron chi connectivity index (χ2n) is 3.92. The molecule has 1 heterocycles. The lowest BCUT2D eigenvalue weighted by Gasteiger charge is -2.09. The van der Waals surface area contributed by atoms with E-state index in [0.29, 0.717) is 4.99 Å². The molecule has 0 aliphatic heterocycles. The average Bonchev–Trinajstić information content (AvgIpc) is 2.73. The van der Waals surface area contributed by atoms with Crippen LogP contribution in [0.5, 0.6) is 0 Å². The van der Waals surface area contributed by atoms with Crippen molar-refractivity contribution in [3.63, 3.8) is 0 Å². The third kappa shape index (κ3) is 3.31. The fourth-order valence-corrected chi connectivity index (χ4v) is 3.05. The van der Waals surface area contributed by atoms with E-state index in [1.54, 1.807) is 11.3 Å². The number of halogens is 1. The van der Waals surface area contributed by atoms with E-state index < -0.39 is 0 Å². The summed E-state index contributed by atoms with van der Waals surface area (Å²) in [5, 5.41) is 3.39. The summed E-state index contributed by atoms with van der Waals surface area (Å²) in [6, 6.07) is 10.1. The molecule has 0 fully saturated rings. The molecule has 5 heteroatoms. The van der Waals surface area contributed by atoms with Crippen molar-refractivity contribution in [2.75, 3.05) is 5.32 Å². The van der Waals surface area contributed by atoms with Gasteiger partial charge in [0.05, 0.1) is 0 Å². The molecule has 0 saturated heterocycles. The standard InChI is InChI=1S/C13H13BrN2S2/c1-8-2-4-10(18-8)7-16-12-5-3-9(13(15)17)6-11(12)14/h2-6,16H,7H2,1H3,(H2,15,17). The van der Waals surface area contributed by atoms with Crippen LogP contribution in [0, 0.1) is 6.92 Å². The number of nitrogens with two attached hydrogens (primary N) is 1. The van der Waals surface area contributed by atoms with Gasteiger partial charge in [0, 0.05) is 32.0 Å². The molecule has 0 bridgehead atoms. The fraction of sp³-hybridized carbons (Fsp3) is 0.154. The molecule has 1 aromatic carbocycles. The Labute approximate surface area is 124 Å². The third-order valence-electron chi connectivity index (χ3n) is 2.50. The predicted octanol–water partition coefficient (Wildman–Crippen LogP) is 4.07. The highest BCUT2D eigenvalue weighted by Gasteiger charge is 2.04. The Morgan fingerprint density at radius 3 is 2.72 bits per heavy atom. The number of benzene rings is 1. The average molecular weight is 341 g/mol. The van der Waals surface area contributed by atoms with E-state index in [1.807, 2.05) is 18.2 Å². The van der Waals surface area contributed by atoms with E-state index in [-0.39, 0.29) is 0 Å². The summed E-state index contributed by atoms with van der Waals surface area (Å²) >= 11 is 10.3. The molecular weight excluding hydrogens is 328 g/mol. The Morgan fingerprint density at radius 2 is 2.17 bits per heavy atom. The SMILES string of the molecule is Cc1ccc(CNc2ccc(C(N)=S)cc2Br)s1. The molecule has 0 aliphatic carbocycles. The smallest absolute Gasteiger partial charge is 0.104 e. The Bertz CT molecular complexity index is 578. The lowest BCUT2D eigenvalue weighted by molar-refractivity contribution is 1.19. The van der Waals surface area contributed by atoms with Crippen LogP contribution < -0.4 is 11.1 Å². The first-order valence-electron chi connectivity index (χ1n) is 5.45. The maximum Gasteiger partial charge on any atom is 0.104 e. The normalized spacial score (nSPS) is 10.3. The van der Waals surface area contributed by atoms with Crippen molar-refractivity contribution in [3.05, 3.63) is 50.1 Å². The molecule has 0 unspecified atom stereocenters. The molecular formula is C13H13BrN2S2. The van der Waals surface area contributed by atoms with Gasteiger partial charge in [-0.25, -0.2) is 0 Å². The van der Waals surface area contributed by atoms with Gasteiger partial charge in [-0.15, -0.1) is 11.3 Å². The molecule has 0 aliphatic rings. The second kappa shape index (κ2) is 5.82. The largest absolute Gasteiger partial charge is 0.389 e. The minimum atomic E-state index is 0.413. The van der Waals surface area contributed by atoms with Crippen LogP contribution in [0.2, 0.25) is 0 Å². The Morgan fingerprint density at radius 1 is 1.39 bits per heavy atom. The first-order chi connectivity index (χ1) is 8.56. The van der Waals surface area contributed by atoms with Crippen LogP contribution in [0.25, 0.3) is 0 Å². The molecule has 0 radical (unpaired) electrons. The fourth-order valence-electron chi connectivity index (χ4n) is 1.57. The monoisotopic (exact) mass is 340 g/mol. The number of rotatable bonds is 4. The van der Waals surface area contributed by atoms with Crippen molar-refractivity contribution in [1.82, 2.24) is 0 Å². The topological polar surface area (TPSA) is 38.0 Å². The number of hydrogen-bond donors (Lipinski definition) is 2. The predicted molar refractivity (Wildman–Crippen MR) is 86.4 cm³/mol. The van der Waals surface area contributed by atoms with Crippen molar-refractivity contribution in [2.24, 2.45) is 5.73 Å². The quantitative estimate of drug-likeness (QED) is 0.824. The zero-order valence-electron chi connectivity index (χ0n) is 9.87. The third-order valence-corrected chi connectivity index (χ3v) is 4.40. The van der Waals surface area contributed by atoms with Gasteiger partial charge in [-0.05, 0) is 53.2 Å². The summed E-state index contributed by atoms with van der Waals surface area (Å²) in [6.45, 7) is 2.94. The number of hydrogen-bond acceptors (Lipinski definition) is 3. The molecule has 1 aromatic heterocycles. The molecule has 2 aromatic rings. The van der Waals surface area contributed by atoms with E-state index in [2.05, 4.69) is 40.3 Å². The molecule has 94 valence electrons. The van der Waals surface area contributed by atoms with Gasteiger partial charge in [-0.1, -0.05) is 12.2 Å². The van der Waals surface area contributed by atoms with E-state index in [1.165, 1.54) is 9.75 Å². The lowest BCUT2D eigenvalue weighted by Crippen LogP contribution is -2.09. The minimum Gasteiger partial charge on any atom is -0.389 e. The summed E-state index contributed by atoms with van der Waals surface area (Å²) < 4.78 is 0.973. The van der Waals surface area contributed by atoms with Gasteiger partial charge in [-0.3, -0.25) is 0 Å². The van der Waals surface area contributed by atoms with Crippen LogP contribution in [-0.4, -0.2) is 4.99 Å². The molecule has 0 saturated carbocycles.